The molecule has 1 saturated heterocycles. The second kappa shape index (κ2) is 10.4. The number of carbonyl (C=O) groups is 4. The molecule has 2 unspecified atom stereocenters. The quantitative estimate of drug-likeness (QED) is 0.507. The number of nitrogens with one attached hydrogen (secondary N) is 1. The zero-order chi connectivity index (χ0) is 25.8. The van der Waals surface area contributed by atoms with Crippen LogP contribution in [-0.2, 0) is 14.4 Å². The predicted octanol–water partition coefficient (Wildman–Crippen LogP) is 4.19. The maximum atomic E-state index is 13.8. The highest BCUT2D eigenvalue weighted by molar-refractivity contribution is 6.23. The molecular weight excluding hydrogens is 458 g/mol. The van der Waals surface area contributed by atoms with Crippen molar-refractivity contribution in [3.8, 4) is 5.75 Å². The molecule has 4 rings (SSSR count). The Morgan fingerprint density at radius 2 is 1.61 bits per heavy atom. The fourth-order valence-electron chi connectivity index (χ4n) is 4.36. The van der Waals surface area contributed by atoms with Crippen LogP contribution in [0.15, 0.2) is 78.9 Å². The molecule has 36 heavy (non-hydrogen) atoms. The molecule has 4 amide bonds. The largest absolute Gasteiger partial charge is 0.497 e. The number of benzene rings is 3. The molecule has 0 bridgehead atoms. The molecule has 0 saturated carbocycles. The van der Waals surface area contributed by atoms with Gasteiger partial charge in [-0.2, -0.15) is 0 Å². The van der Waals surface area contributed by atoms with Crippen molar-refractivity contribution in [1.29, 1.82) is 0 Å². The Morgan fingerprint density at radius 3 is 2.19 bits per heavy atom. The maximum Gasteiger partial charge on any atom is 0.257 e. The van der Waals surface area contributed by atoms with Crippen LogP contribution in [0.5, 0.6) is 5.75 Å². The molecule has 1 heterocycles. The maximum absolute atomic E-state index is 13.8. The van der Waals surface area contributed by atoms with Crippen molar-refractivity contribution in [3.63, 3.8) is 0 Å². The van der Waals surface area contributed by atoms with Gasteiger partial charge in [-0.05, 0) is 61.0 Å². The molecule has 0 spiro atoms. The average molecular weight is 486 g/mol. The van der Waals surface area contributed by atoms with Crippen LogP contribution in [0.1, 0.15) is 42.2 Å². The zero-order valence-corrected chi connectivity index (χ0v) is 20.3. The lowest BCUT2D eigenvalue weighted by Crippen LogP contribution is -2.46. The zero-order valence-electron chi connectivity index (χ0n) is 20.3. The molecule has 1 N–H and O–H groups in total. The van der Waals surface area contributed by atoms with E-state index in [0.29, 0.717) is 22.7 Å². The van der Waals surface area contributed by atoms with Gasteiger partial charge < -0.3 is 15.0 Å². The second-order valence-electron chi connectivity index (χ2n) is 8.54. The normalized spacial score (nSPS) is 16.0. The number of imide groups is 1. The fourth-order valence-corrected chi connectivity index (χ4v) is 4.36. The third kappa shape index (κ3) is 4.98. The lowest BCUT2D eigenvalue weighted by Gasteiger charge is -2.33. The van der Waals surface area contributed by atoms with E-state index >= 15 is 0 Å². The van der Waals surface area contributed by atoms with Crippen LogP contribution in [0.25, 0.3) is 0 Å². The van der Waals surface area contributed by atoms with Crippen molar-refractivity contribution < 1.29 is 23.9 Å². The third-order valence-electron chi connectivity index (χ3n) is 6.18. The number of nitrogens with zero attached hydrogens (tertiary/aromatic N) is 2. The van der Waals surface area contributed by atoms with E-state index in [-0.39, 0.29) is 18.2 Å². The standard InChI is InChI=1S/C28H27N3O5/c1-18(20-7-5-4-6-8-20)30(27(34)21-9-15-24(36-3)16-10-21)25-17-26(33)31(28(25)35)23-13-11-22(12-14-23)29-19(2)32/h4-16,18,25H,17H2,1-3H3,(H,29,32). The molecule has 3 aromatic rings. The van der Waals surface area contributed by atoms with Gasteiger partial charge in [0.25, 0.3) is 11.8 Å². The van der Waals surface area contributed by atoms with Crippen LogP contribution in [-0.4, -0.2) is 41.7 Å². The number of ether oxygens (including phenoxy) is 1. The van der Waals surface area contributed by atoms with E-state index in [2.05, 4.69) is 5.32 Å². The molecular formula is C28H27N3O5. The summed E-state index contributed by atoms with van der Waals surface area (Å²) < 4.78 is 5.20. The Morgan fingerprint density at radius 1 is 0.972 bits per heavy atom. The molecule has 2 atom stereocenters. The van der Waals surface area contributed by atoms with Crippen molar-refractivity contribution in [1.82, 2.24) is 4.90 Å². The van der Waals surface area contributed by atoms with Crippen molar-refractivity contribution in [3.05, 3.63) is 90.0 Å². The summed E-state index contributed by atoms with van der Waals surface area (Å²) in [7, 11) is 1.54. The minimum atomic E-state index is -0.975. The second-order valence-corrected chi connectivity index (χ2v) is 8.54. The molecule has 8 heteroatoms. The number of methoxy groups -OCH3 is 1. The Labute approximate surface area is 209 Å². The molecule has 8 nitrogen and oxygen atoms in total. The SMILES string of the molecule is COc1ccc(C(=O)N(C2CC(=O)N(c3ccc(NC(C)=O)cc3)C2=O)C(C)c2ccccc2)cc1. The first kappa shape index (κ1) is 24.7. The first-order valence-electron chi connectivity index (χ1n) is 11.6. The number of hydrogen-bond acceptors (Lipinski definition) is 5. The van der Waals surface area contributed by atoms with E-state index in [1.165, 1.54) is 11.8 Å². The number of hydrogen-bond donors (Lipinski definition) is 1. The molecule has 184 valence electrons. The average Bonchev–Trinajstić information content (AvgIpc) is 3.18. The van der Waals surface area contributed by atoms with E-state index in [0.717, 1.165) is 10.5 Å². The highest BCUT2D eigenvalue weighted by Crippen LogP contribution is 2.33. The minimum Gasteiger partial charge on any atom is -0.497 e. The Kier molecular flexibility index (Phi) is 7.15. The van der Waals surface area contributed by atoms with Crippen molar-refractivity contribution in [2.24, 2.45) is 0 Å². The molecule has 3 aromatic carbocycles. The molecule has 0 radical (unpaired) electrons. The topological polar surface area (TPSA) is 96.0 Å². The van der Waals surface area contributed by atoms with Gasteiger partial charge in [0.05, 0.1) is 25.3 Å². The predicted molar refractivity (Wildman–Crippen MR) is 136 cm³/mol. The van der Waals surface area contributed by atoms with E-state index < -0.39 is 23.9 Å². The Balaban J connectivity index is 1.68. The van der Waals surface area contributed by atoms with Gasteiger partial charge in [0.2, 0.25) is 11.8 Å². The first-order chi connectivity index (χ1) is 17.3. The summed E-state index contributed by atoms with van der Waals surface area (Å²) in [6.45, 7) is 3.24. The molecule has 1 fully saturated rings. The van der Waals surface area contributed by atoms with Gasteiger partial charge in [-0.15, -0.1) is 0 Å². The highest BCUT2D eigenvalue weighted by Gasteiger charge is 2.46. The summed E-state index contributed by atoms with van der Waals surface area (Å²) in [5.41, 5.74) is 2.16. The van der Waals surface area contributed by atoms with Crippen LogP contribution in [0.3, 0.4) is 0 Å². The summed E-state index contributed by atoms with van der Waals surface area (Å²) >= 11 is 0. The van der Waals surface area contributed by atoms with Crippen molar-refractivity contribution in [2.75, 3.05) is 17.3 Å². The lowest BCUT2D eigenvalue weighted by atomic mass is 10.0. The summed E-state index contributed by atoms with van der Waals surface area (Å²) in [5, 5.41) is 2.66. The number of amides is 4. The summed E-state index contributed by atoms with van der Waals surface area (Å²) in [6, 6.07) is 21.0. The minimum absolute atomic E-state index is 0.134. The molecule has 0 aromatic heterocycles. The monoisotopic (exact) mass is 485 g/mol. The van der Waals surface area contributed by atoms with E-state index in [9.17, 15) is 19.2 Å². The molecule has 0 aliphatic carbocycles. The third-order valence-corrected chi connectivity index (χ3v) is 6.18. The summed E-state index contributed by atoms with van der Waals surface area (Å²) in [5.74, 6) is -0.848. The Hall–Kier alpha value is -4.46. The highest BCUT2D eigenvalue weighted by atomic mass is 16.5. The van der Waals surface area contributed by atoms with Gasteiger partial charge in [0, 0.05) is 18.2 Å². The number of rotatable bonds is 7. The van der Waals surface area contributed by atoms with Gasteiger partial charge in [-0.25, -0.2) is 4.90 Å². The molecule has 1 aliphatic heterocycles. The number of carbonyl (C=O) groups excluding carboxylic acids is 4. The Bertz CT molecular complexity index is 1270. The van der Waals surface area contributed by atoms with Gasteiger partial charge >= 0.3 is 0 Å². The van der Waals surface area contributed by atoms with Crippen LogP contribution in [0.2, 0.25) is 0 Å². The van der Waals surface area contributed by atoms with Gasteiger partial charge in [0.15, 0.2) is 0 Å². The lowest BCUT2D eigenvalue weighted by molar-refractivity contribution is -0.123. The van der Waals surface area contributed by atoms with E-state index in [1.807, 2.05) is 37.3 Å². The van der Waals surface area contributed by atoms with Crippen LogP contribution in [0, 0.1) is 0 Å². The number of anilines is 2. The van der Waals surface area contributed by atoms with Gasteiger partial charge in [0.1, 0.15) is 11.8 Å². The van der Waals surface area contributed by atoms with Crippen LogP contribution >= 0.6 is 0 Å². The van der Waals surface area contributed by atoms with Crippen LogP contribution in [0.4, 0.5) is 11.4 Å². The van der Waals surface area contributed by atoms with E-state index in [4.69, 9.17) is 4.74 Å². The smallest absolute Gasteiger partial charge is 0.257 e. The van der Waals surface area contributed by atoms with Crippen LogP contribution < -0.4 is 15.0 Å². The van der Waals surface area contributed by atoms with Crippen molar-refractivity contribution in [2.45, 2.75) is 32.4 Å². The van der Waals surface area contributed by atoms with Gasteiger partial charge in [-0.1, -0.05) is 30.3 Å². The first-order valence-corrected chi connectivity index (χ1v) is 11.6. The summed E-state index contributed by atoms with van der Waals surface area (Å²) in [6.07, 6.45) is -0.134. The molecule has 1 aliphatic rings. The fraction of sp³-hybridized carbons (Fsp3) is 0.214. The van der Waals surface area contributed by atoms with E-state index in [1.54, 1.807) is 55.6 Å². The van der Waals surface area contributed by atoms with Gasteiger partial charge in [-0.3, -0.25) is 19.2 Å². The summed E-state index contributed by atoms with van der Waals surface area (Å²) in [4.78, 5) is 54.3. The van der Waals surface area contributed by atoms with Crippen molar-refractivity contribution >= 4 is 35.0 Å².